The molecule has 2 aromatic heterocycles. The van der Waals surface area contributed by atoms with E-state index in [4.69, 9.17) is 9.97 Å². The zero-order chi connectivity index (χ0) is 18.1. The molecule has 3 heterocycles. The first-order valence-electron chi connectivity index (χ1n) is 10.3. The molecule has 6 heteroatoms. The van der Waals surface area contributed by atoms with Crippen LogP contribution in [-0.4, -0.2) is 57.4 Å². The maximum Gasteiger partial charge on any atom is 0.163 e. The Balaban J connectivity index is 1.55. The molecule has 1 aliphatic carbocycles. The van der Waals surface area contributed by atoms with Crippen LogP contribution >= 0.6 is 0 Å². The molecular formula is C20H32N6. The van der Waals surface area contributed by atoms with Crippen molar-refractivity contribution in [3.05, 3.63) is 12.0 Å². The molecule has 0 spiro atoms. The molecule has 0 aromatic carbocycles. The summed E-state index contributed by atoms with van der Waals surface area (Å²) < 4.78 is 1.89. The Hall–Kier alpha value is -1.69. The van der Waals surface area contributed by atoms with Crippen molar-refractivity contribution in [2.45, 2.75) is 63.8 Å². The van der Waals surface area contributed by atoms with E-state index in [1.165, 1.54) is 58.0 Å². The normalized spacial score (nSPS) is 20.3. The predicted molar refractivity (Wildman–Crippen MR) is 106 cm³/mol. The summed E-state index contributed by atoms with van der Waals surface area (Å²) >= 11 is 0. The predicted octanol–water partition coefficient (Wildman–Crippen LogP) is 3.33. The van der Waals surface area contributed by atoms with Crippen LogP contribution in [0.4, 0.5) is 5.82 Å². The average molecular weight is 357 g/mol. The summed E-state index contributed by atoms with van der Waals surface area (Å²) in [5, 5.41) is 5.52. The molecule has 142 valence electrons. The number of nitrogens with zero attached hydrogens (tertiary/aromatic N) is 6. The molecule has 26 heavy (non-hydrogen) atoms. The van der Waals surface area contributed by atoms with Crippen LogP contribution in [0.1, 0.15) is 63.6 Å². The summed E-state index contributed by atoms with van der Waals surface area (Å²) in [5.41, 5.74) is 0.969. The van der Waals surface area contributed by atoms with Crippen LogP contribution in [0.2, 0.25) is 0 Å². The lowest BCUT2D eigenvalue weighted by atomic mass is 10.1. The molecule has 6 nitrogen and oxygen atoms in total. The standard InChI is InChI=1S/C20H32N6/c1-15(26-11-6-7-12-26)10-13-24(2)19-17-14-21-25(3)20(17)23-18(22-19)16-8-4-5-9-16/h14-16H,4-13H2,1-3H3/t15-/m0/s1. The van der Waals surface area contributed by atoms with Crippen molar-refractivity contribution in [1.82, 2.24) is 24.6 Å². The number of aromatic nitrogens is 4. The highest BCUT2D eigenvalue weighted by Gasteiger charge is 2.24. The first-order valence-corrected chi connectivity index (χ1v) is 10.3. The highest BCUT2D eigenvalue weighted by molar-refractivity contribution is 5.86. The number of fused-ring (bicyclic) bond motifs is 1. The van der Waals surface area contributed by atoms with Gasteiger partial charge in [-0.2, -0.15) is 5.10 Å². The lowest BCUT2D eigenvalue weighted by molar-refractivity contribution is 0.249. The second-order valence-electron chi connectivity index (χ2n) is 8.19. The van der Waals surface area contributed by atoms with Crippen LogP contribution in [0.15, 0.2) is 6.20 Å². The van der Waals surface area contributed by atoms with Crippen molar-refractivity contribution in [2.75, 3.05) is 31.6 Å². The largest absolute Gasteiger partial charge is 0.359 e. The molecule has 1 aliphatic heterocycles. The summed E-state index contributed by atoms with van der Waals surface area (Å²) in [5.74, 6) is 2.59. The Kier molecular flexibility index (Phi) is 5.11. The molecule has 2 aromatic rings. The number of likely N-dealkylation sites (tertiary alicyclic amines) is 1. The van der Waals surface area contributed by atoms with Gasteiger partial charge in [-0.3, -0.25) is 4.68 Å². The van der Waals surface area contributed by atoms with Crippen molar-refractivity contribution < 1.29 is 0 Å². The van der Waals surface area contributed by atoms with Crippen LogP contribution in [0.5, 0.6) is 0 Å². The van der Waals surface area contributed by atoms with Gasteiger partial charge in [-0.05, 0) is 52.1 Å². The zero-order valence-corrected chi connectivity index (χ0v) is 16.5. The van der Waals surface area contributed by atoms with Gasteiger partial charge in [0, 0.05) is 32.6 Å². The Labute approximate surface area is 156 Å². The van der Waals surface area contributed by atoms with Crippen LogP contribution in [-0.2, 0) is 7.05 Å². The van der Waals surface area contributed by atoms with Gasteiger partial charge in [-0.15, -0.1) is 0 Å². The third-order valence-corrected chi connectivity index (χ3v) is 6.32. The van der Waals surface area contributed by atoms with Crippen LogP contribution in [0.25, 0.3) is 11.0 Å². The van der Waals surface area contributed by atoms with E-state index < -0.39 is 0 Å². The summed E-state index contributed by atoms with van der Waals surface area (Å²) in [7, 11) is 4.15. The lowest BCUT2D eigenvalue weighted by Crippen LogP contribution is -2.33. The fourth-order valence-corrected chi connectivity index (χ4v) is 4.53. The second kappa shape index (κ2) is 7.51. The SMILES string of the molecule is C[C@@H](CCN(C)c1nc(C2CCCC2)nc2c1cnn2C)N1CCCC1. The van der Waals surface area contributed by atoms with E-state index in [-0.39, 0.29) is 0 Å². The zero-order valence-electron chi connectivity index (χ0n) is 16.5. The van der Waals surface area contributed by atoms with Crippen molar-refractivity contribution >= 4 is 16.9 Å². The second-order valence-corrected chi connectivity index (χ2v) is 8.19. The van der Waals surface area contributed by atoms with Crippen molar-refractivity contribution in [1.29, 1.82) is 0 Å². The molecule has 1 atom stereocenters. The molecule has 2 fully saturated rings. The number of hydrogen-bond acceptors (Lipinski definition) is 5. The minimum Gasteiger partial charge on any atom is -0.359 e. The van der Waals surface area contributed by atoms with E-state index in [0.717, 1.165) is 29.2 Å². The van der Waals surface area contributed by atoms with E-state index >= 15 is 0 Å². The third kappa shape index (κ3) is 3.43. The average Bonchev–Trinajstić information content (AvgIpc) is 3.40. The molecule has 0 bridgehead atoms. The van der Waals surface area contributed by atoms with Crippen molar-refractivity contribution in [2.24, 2.45) is 7.05 Å². The van der Waals surface area contributed by atoms with Gasteiger partial charge < -0.3 is 9.80 Å². The Morgan fingerprint density at radius 1 is 1.15 bits per heavy atom. The van der Waals surface area contributed by atoms with Gasteiger partial charge in [0.15, 0.2) is 5.65 Å². The van der Waals surface area contributed by atoms with E-state index in [1.807, 2.05) is 17.9 Å². The quantitative estimate of drug-likeness (QED) is 0.794. The Bertz CT molecular complexity index is 742. The first-order chi connectivity index (χ1) is 12.6. The molecule has 1 saturated carbocycles. The molecule has 0 N–H and O–H groups in total. The number of hydrogen-bond donors (Lipinski definition) is 0. The fourth-order valence-electron chi connectivity index (χ4n) is 4.53. The van der Waals surface area contributed by atoms with E-state index in [0.29, 0.717) is 12.0 Å². The fraction of sp³-hybridized carbons (Fsp3) is 0.750. The number of rotatable bonds is 6. The van der Waals surface area contributed by atoms with E-state index in [2.05, 4.69) is 28.9 Å². The van der Waals surface area contributed by atoms with Crippen molar-refractivity contribution in [3.8, 4) is 0 Å². The smallest absolute Gasteiger partial charge is 0.163 e. The molecule has 4 rings (SSSR count). The lowest BCUT2D eigenvalue weighted by Gasteiger charge is -2.27. The summed E-state index contributed by atoms with van der Waals surface area (Å²) in [6.45, 7) is 5.90. The maximum absolute atomic E-state index is 5.02. The molecule has 0 unspecified atom stereocenters. The van der Waals surface area contributed by atoms with Gasteiger partial charge in [0.2, 0.25) is 0 Å². The summed E-state index contributed by atoms with van der Waals surface area (Å²) in [6, 6.07) is 0.639. The van der Waals surface area contributed by atoms with Crippen LogP contribution < -0.4 is 4.90 Å². The van der Waals surface area contributed by atoms with E-state index in [1.54, 1.807) is 0 Å². The van der Waals surface area contributed by atoms with Gasteiger partial charge in [-0.25, -0.2) is 9.97 Å². The monoisotopic (exact) mass is 356 g/mol. The Morgan fingerprint density at radius 2 is 1.88 bits per heavy atom. The van der Waals surface area contributed by atoms with Crippen molar-refractivity contribution in [3.63, 3.8) is 0 Å². The van der Waals surface area contributed by atoms with Gasteiger partial charge in [-0.1, -0.05) is 12.8 Å². The highest BCUT2D eigenvalue weighted by atomic mass is 15.3. The number of anilines is 1. The molecule has 2 aliphatic rings. The topological polar surface area (TPSA) is 50.1 Å². The van der Waals surface area contributed by atoms with Gasteiger partial charge in [0.05, 0.1) is 11.6 Å². The minimum atomic E-state index is 0.518. The van der Waals surface area contributed by atoms with Crippen LogP contribution in [0.3, 0.4) is 0 Å². The number of aryl methyl sites for hydroxylation is 1. The summed E-state index contributed by atoms with van der Waals surface area (Å²) in [6.07, 6.45) is 10.8. The summed E-state index contributed by atoms with van der Waals surface area (Å²) in [4.78, 5) is 14.8. The first kappa shape index (κ1) is 17.7. The molecule has 0 radical (unpaired) electrons. The molecular weight excluding hydrogens is 324 g/mol. The van der Waals surface area contributed by atoms with Gasteiger partial charge in [0.1, 0.15) is 11.6 Å². The van der Waals surface area contributed by atoms with Gasteiger partial charge >= 0.3 is 0 Å². The molecule has 0 amide bonds. The van der Waals surface area contributed by atoms with Crippen LogP contribution in [0, 0.1) is 0 Å². The third-order valence-electron chi connectivity index (χ3n) is 6.32. The highest BCUT2D eigenvalue weighted by Crippen LogP contribution is 2.34. The Morgan fingerprint density at radius 3 is 2.62 bits per heavy atom. The van der Waals surface area contributed by atoms with E-state index in [9.17, 15) is 0 Å². The maximum atomic E-state index is 5.02. The minimum absolute atomic E-state index is 0.518. The molecule has 1 saturated heterocycles. The van der Waals surface area contributed by atoms with Gasteiger partial charge in [0.25, 0.3) is 0 Å².